The van der Waals surface area contributed by atoms with Crippen LogP contribution in [0, 0.1) is 0 Å². The van der Waals surface area contributed by atoms with Crippen molar-refractivity contribution >= 4 is 5.91 Å². The van der Waals surface area contributed by atoms with Gasteiger partial charge in [0.05, 0.1) is 38.0 Å². The summed E-state index contributed by atoms with van der Waals surface area (Å²) in [7, 11) is 0. The van der Waals surface area contributed by atoms with E-state index in [9.17, 15) is 4.79 Å². The highest BCUT2D eigenvalue weighted by Crippen LogP contribution is 2.28. The van der Waals surface area contributed by atoms with Gasteiger partial charge < -0.3 is 14.4 Å². The molecule has 0 aromatic heterocycles. The van der Waals surface area contributed by atoms with Gasteiger partial charge in [0.1, 0.15) is 0 Å². The average molecular weight is 373 g/mol. The molecule has 2 aliphatic heterocycles. The van der Waals surface area contributed by atoms with Crippen LogP contribution in [-0.4, -0.2) is 66.7 Å². The van der Waals surface area contributed by atoms with Crippen molar-refractivity contribution in [3.05, 3.63) is 35.9 Å². The van der Waals surface area contributed by atoms with E-state index >= 15 is 0 Å². The zero-order valence-corrected chi connectivity index (χ0v) is 16.2. The number of morpholine rings is 1. The van der Waals surface area contributed by atoms with Crippen LogP contribution in [0.3, 0.4) is 0 Å². The third kappa shape index (κ3) is 4.89. The zero-order chi connectivity index (χ0) is 18.5. The Morgan fingerprint density at radius 3 is 2.63 bits per heavy atom. The molecule has 5 heteroatoms. The second-order valence-corrected chi connectivity index (χ2v) is 8.12. The number of rotatable bonds is 5. The molecule has 1 aromatic carbocycles. The van der Waals surface area contributed by atoms with Gasteiger partial charge in [-0.1, -0.05) is 43.2 Å². The summed E-state index contributed by atoms with van der Waals surface area (Å²) in [4.78, 5) is 17.3. The SMILES string of the molecule is O=C(CN1CCC(OCc2ccccc2)CC1)N1CCOC2CCCCC21. The van der Waals surface area contributed by atoms with Gasteiger partial charge in [-0.15, -0.1) is 0 Å². The number of ether oxygens (including phenoxy) is 2. The van der Waals surface area contributed by atoms with Crippen LogP contribution in [0.4, 0.5) is 0 Å². The molecule has 1 saturated carbocycles. The highest BCUT2D eigenvalue weighted by atomic mass is 16.5. The fraction of sp³-hybridized carbons (Fsp3) is 0.682. The number of piperidine rings is 1. The van der Waals surface area contributed by atoms with E-state index in [-0.39, 0.29) is 6.10 Å². The van der Waals surface area contributed by atoms with Gasteiger partial charge >= 0.3 is 0 Å². The maximum atomic E-state index is 12.9. The minimum Gasteiger partial charge on any atom is -0.374 e. The third-order valence-electron chi connectivity index (χ3n) is 6.27. The van der Waals surface area contributed by atoms with Crippen LogP contribution in [0.15, 0.2) is 30.3 Å². The Labute approximate surface area is 162 Å². The third-order valence-corrected chi connectivity index (χ3v) is 6.27. The van der Waals surface area contributed by atoms with Gasteiger partial charge in [0.15, 0.2) is 0 Å². The number of benzene rings is 1. The van der Waals surface area contributed by atoms with Gasteiger partial charge in [0, 0.05) is 19.6 Å². The first-order chi connectivity index (χ1) is 13.3. The molecular formula is C22H32N2O3. The Kier molecular flexibility index (Phi) is 6.43. The number of nitrogens with zero attached hydrogens (tertiary/aromatic N) is 2. The molecule has 5 nitrogen and oxygen atoms in total. The minimum absolute atomic E-state index is 0.272. The van der Waals surface area contributed by atoms with Gasteiger partial charge in [0.2, 0.25) is 5.91 Å². The van der Waals surface area contributed by atoms with Crippen LogP contribution in [0.2, 0.25) is 0 Å². The molecule has 27 heavy (non-hydrogen) atoms. The highest BCUT2D eigenvalue weighted by molar-refractivity contribution is 5.78. The number of carbonyl (C=O) groups excluding carboxylic acids is 1. The molecule has 1 aliphatic carbocycles. The maximum absolute atomic E-state index is 12.9. The molecule has 2 unspecified atom stereocenters. The lowest BCUT2D eigenvalue weighted by Crippen LogP contribution is -2.57. The fourth-order valence-corrected chi connectivity index (χ4v) is 4.71. The summed E-state index contributed by atoms with van der Waals surface area (Å²) in [5, 5.41) is 0. The van der Waals surface area contributed by atoms with Crippen LogP contribution >= 0.6 is 0 Å². The zero-order valence-electron chi connectivity index (χ0n) is 16.2. The summed E-state index contributed by atoms with van der Waals surface area (Å²) in [6.07, 6.45) is 7.27. The van der Waals surface area contributed by atoms with Gasteiger partial charge in [-0.05, 0) is 31.2 Å². The molecule has 4 rings (SSSR count). The Balaban J connectivity index is 1.21. The standard InChI is InChI=1S/C22H32N2O3/c25-22(24-14-15-26-21-9-5-4-8-20(21)24)16-23-12-10-19(11-13-23)27-17-18-6-2-1-3-7-18/h1-3,6-7,19-21H,4-5,8-17H2. The minimum atomic E-state index is 0.272. The number of fused-ring (bicyclic) bond motifs is 1. The van der Waals surface area contributed by atoms with Crippen molar-refractivity contribution in [2.45, 2.75) is 63.4 Å². The Morgan fingerprint density at radius 1 is 1.04 bits per heavy atom. The topological polar surface area (TPSA) is 42.0 Å². The van der Waals surface area contributed by atoms with Crippen molar-refractivity contribution in [3.8, 4) is 0 Å². The number of likely N-dealkylation sites (tertiary alicyclic amines) is 1. The Hall–Kier alpha value is -1.43. The molecular weight excluding hydrogens is 340 g/mol. The van der Waals surface area contributed by atoms with Gasteiger partial charge in [-0.2, -0.15) is 0 Å². The number of amides is 1. The second-order valence-electron chi connectivity index (χ2n) is 8.12. The summed E-state index contributed by atoms with van der Waals surface area (Å²) in [6, 6.07) is 10.7. The first-order valence-electron chi connectivity index (χ1n) is 10.6. The molecule has 148 valence electrons. The van der Waals surface area contributed by atoms with E-state index in [0.29, 0.717) is 37.8 Å². The lowest BCUT2D eigenvalue weighted by atomic mass is 9.90. The van der Waals surface area contributed by atoms with E-state index in [1.807, 2.05) is 6.07 Å². The molecule has 3 fully saturated rings. The maximum Gasteiger partial charge on any atom is 0.237 e. The number of hydrogen-bond acceptors (Lipinski definition) is 4. The van der Waals surface area contributed by atoms with Crippen molar-refractivity contribution in [1.82, 2.24) is 9.80 Å². The summed E-state index contributed by atoms with van der Waals surface area (Å²) >= 11 is 0. The Bertz CT molecular complexity index is 599. The van der Waals surface area contributed by atoms with Crippen LogP contribution in [0.1, 0.15) is 44.1 Å². The monoisotopic (exact) mass is 372 g/mol. The molecule has 3 aliphatic rings. The van der Waals surface area contributed by atoms with E-state index in [1.54, 1.807) is 0 Å². The Morgan fingerprint density at radius 2 is 1.81 bits per heavy atom. The number of hydrogen-bond donors (Lipinski definition) is 0. The summed E-state index contributed by atoms with van der Waals surface area (Å²) < 4.78 is 12.0. The lowest BCUT2D eigenvalue weighted by molar-refractivity contribution is -0.151. The van der Waals surface area contributed by atoms with Crippen molar-refractivity contribution in [1.29, 1.82) is 0 Å². The van der Waals surface area contributed by atoms with Gasteiger partial charge in [-0.3, -0.25) is 9.69 Å². The second kappa shape index (κ2) is 9.18. The fourth-order valence-electron chi connectivity index (χ4n) is 4.71. The van der Waals surface area contributed by atoms with E-state index in [2.05, 4.69) is 34.1 Å². The molecule has 0 bridgehead atoms. The van der Waals surface area contributed by atoms with Crippen molar-refractivity contribution < 1.29 is 14.3 Å². The van der Waals surface area contributed by atoms with E-state index in [4.69, 9.17) is 9.47 Å². The van der Waals surface area contributed by atoms with Crippen molar-refractivity contribution in [2.75, 3.05) is 32.8 Å². The predicted octanol–water partition coefficient (Wildman–Crippen LogP) is 2.84. The average Bonchev–Trinajstić information content (AvgIpc) is 2.73. The van der Waals surface area contributed by atoms with Gasteiger partial charge in [0.25, 0.3) is 0 Å². The first-order valence-corrected chi connectivity index (χ1v) is 10.6. The molecule has 1 aromatic rings. The van der Waals surface area contributed by atoms with E-state index in [0.717, 1.165) is 45.3 Å². The summed E-state index contributed by atoms with van der Waals surface area (Å²) in [6.45, 7) is 4.59. The highest BCUT2D eigenvalue weighted by Gasteiger charge is 2.37. The first kappa shape index (κ1) is 18.9. The summed E-state index contributed by atoms with van der Waals surface area (Å²) in [5.41, 5.74) is 1.23. The molecule has 0 radical (unpaired) electrons. The van der Waals surface area contributed by atoms with Crippen LogP contribution in [-0.2, 0) is 20.9 Å². The largest absolute Gasteiger partial charge is 0.374 e. The van der Waals surface area contributed by atoms with E-state index < -0.39 is 0 Å². The van der Waals surface area contributed by atoms with Crippen molar-refractivity contribution in [2.24, 2.45) is 0 Å². The molecule has 2 atom stereocenters. The van der Waals surface area contributed by atoms with Crippen molar-refractivity contribution in [3.63, 3.8) is 0 Å². The van der Waals surface area contributed by atoms with Gasteiger partial charge in [-0.25, -0.2) is 0 Å². The van der Waals surface area contributed by atoms with Crippen LogP contribution in [0.25, 0.3) is 0 Å². The van der Waals surface area contributed by atoms with Crippen LogP contribution in [0.5, 0.6) is 0 Å². The summed E-state index contributed by atoms with van der Waals surface area (Å²) in [5.74, 6) is 0.291. The molecule has 2 heterocycles. The molecule has 2 saturated heterocycles. The quantitative estimate of drug-likeness (QED) is 0.797. The van der Waals surface area contributed by atoms with Crippen LogP contribution < -0.4 is 0 Å². The smallest absolute Gasteiger partial charge is 0.237 e. The molecule has 1 amide bonds. The molecule has 0 N–H and O–H groups in total. The molecule has 0 spiro atoms. The predicted molar refractivity (Wildman–Crippen MR) is 104 cm³/mol. The number of carbonyl (C=O) groups is 1. The van der Waals surface area contributed by atoms with E-state index in [1.165, 1.54) is 18.4 Å². The normalized spacial score (nSPS) is 27.3. The lowest BCUT2D eigenvalue weighted by Gasteiger charge is -2.44.